The van der Waals surface area contributed by atoms with Crippen LogP contribution in [-0.4, -0.2) is 28.4 Å². The van der Waals surface area contributed by atoms with Gasteiger partial charge in [0.2, 0.25) is 0 Å². The van der Waals surface area contributed by atoms with Gasteiger partial charge in [0.25, 0.3) is 0 Å². The molecule has 6 heteroatoms. The molecule has 0 aromatic rings. The molecule has 1 fully saturated rings. The molecular formula is C6H14N3O2S-. The van der Waals surface area contributed by atoms with Crippen molar-refractivity contribution in [1.82, 2.24) is 15.6 Å². The molecule has 1 heterocycles. The van der Waals surface area contributed by atoms with E-state index in [1.165, 1.54) is 6.42 Å². The molecule has 0 aliphatic carbocycles. The summed E-state index contributed by atoms with van der Waals surface area (Å²) >= 11 is -2.20. The normalized spacial score (nSPS) is 26.9. The zero-order valence-corrected chi connectivity index (χ0v) is 7.65. The van der Waals surface area contributed by atoms with Crippen LogP contribution in [0.4, 0.5) is 0 Å². The van der Waals surface area contributed by atoms with Crippen molar-refractivity contribution in [2.75, 3.05) is 19.6 Å². The van der Waals surface area contributed by atoms with Crippen LogP contribution < -0.4 is 15.6 Å². The van der Waals surface area contributed by atoms with Crippen LogP contribution in [0.5, 0.6) is 0 Å². The lowest BCUT2D eigenvalue weighted by Crippen LogP contribution is -2.41. The highest BCUT2D eigenvalue weighted by molar-refractivity contribution is 7.76. The van der Waals surface area contributed by atoms with Crippen molar-refractivity contribution in [3.8, 4) is 0 Å². The fraction of sp³-hybridized carbons (Fsp3) is 1.00. The van der Waals surface area contributed by atoms with Gasteiger partial charge in [0.05, 0.1) is 0 Å². The number of piperidine rings is 1. The Morgan fingerprint density at radius 2 is 2.50 bits per heavy atom. The Labute approximate surface area is 74.7 Å². The second-order valence-corrected chi connectivity index (χ2v) is 3.60. The first-order valence-corrected chi connectivity index (χ1v) is 5.15. The molecule has 3 N–H and O–H groups in total. The minimum absolute atomic E-state index is 0.537. The third-order valence-electron chi connectivity index (χ3n) is 1.95. The molecule has 1 saturated heterocycles. The van der Waals surface area contributed by atoms with Gasteiger partial charge in [-0.3, -0.25) is 4.21 Å². The van der Waals surface area contributed by atoms with Crippen LogP contribution in [0.15, 0.2) is 0 Å². The summed E-state index contributed by atoms with van der Waals surface area (Å²) in [6.45, 7) is 2.75. The van der Waals surface area contributed by atoms with Crippen LogP contribution in [-0.2, 0) is 11.3 Å². The Morgan fingerprint density at radius 3 is 3.08 bits per heavy atom. The van der Waals surface area contributed by atoms with Gasteiger partial charge in [0.15, 0.2) is 0 Å². The molecule has 0 bridgehead atoms. The predicted octanol–water partition coefficient (Wildman–Crippen LogP) is -1.13. The molecule has 12 heavy (non-hydrogen) atoms. The zero-order chi connectivity index (χ0) is 8.81. The fourth-order valence-corrected chi connectivity index (χ4v) is 1.54. The molecule has 0 spiro atoms. The first-order chi connectivity index (χ1) is 5.79. The molecular weight excluding hydrogens is 178 g/mol. The molecule has 1 aliphatic heterocycles. The number of hydrogen-bond donors (Lipinski definition) is 3. The van der Waals surface area contributed by atoms with Gasteiger partial charge in [-0.05, 0) is 31.8 Å². The van der Waals surface area contributed by atoms with Crippen molar-refractivity contribution >= 4 is 11.3 Å². The number of rotatable bonds is 4. The summed E-state index contributed by atoms with van der Waals surface area (Å²) in [5.74, 6) is 0.537. The molecule has 0 aromatic carbocycles. The van der Waals surface area contributed by atoms with Crippen molar-refractivity contribution < 1.29 is 8.76 Å². The summed E-state index contributed by atoms with van der Waals surface area (Å²) in [5, 5.41) is 3.25. The lowest BCUT2D eigenvalue weighted by Gasteiger charge is -2.23. The minimum Gasteiger partial charge on any atom is -0.759 e. The van der Waals surface area contributed by atoms with E-state index in [0.29, 0.717) is 12.5 Å². The zero-order valence-electron chi connectivity index (χ0n) is 6.84. The number of nitrogens with one attached hydrogen (secondary N) is 3. The summed E-state index contributed by atoms with van der Waals surface area (Å²) in [5.41, 5.74) is 2.65. The molecule has 0 aromatic heterocycles. The Kier molecular flexibility index (Phi) is 4.70. The summed E-state index contributed by atoms with van der Waals surface area (Å²) in [7, 11) is 0. The van der Waals surface area contributed by atoms with Gasteiger partial charge < -0.3 is 9.87 Å². The Hall–Kier alpha value is -0.0100. The SMILES string of the molecule is O=S([O-])NNCC1CCCNC1. The summed E-state index contributed by atoms with van der Waals surface area (Å²) in [6, 6.07) is 0. The van der Waals surface area contributed by atoms with Gasteiger partial charge in [0.1, 0.15) is 0 Å². The molecule has 0 amide bonds. The third-order valence-corrected chi connectivity index (χ3v) is 2.26. The van der Waals surface area contributed by atoms with E-state index in [0.717, 1.165) is 19.5 Å². The van der Waals surface area contributed by atoms with E-state index in [1.54, 1.807) is 0 Å². The van der Waals surface area contributed by atoms with E-state index in [9.17, 15) is 8.76 Å². The molecule has 5 nitrogen and oxygen atoms in total. The van der Waals surface area contributed by atoms with Crippen LogP contribution in [0.1, 0.15) is 12.8 Å². The lowest BCUT2D eigenvalue weighted by molar-refractivity contribution is 0.354. The van der Waals surface area contributed by atoms with Crippen molar-refractivity contribution in [3.05, 3.63) is 0 Å². The van der Waals surface area contributed by atoms with Crippen LogP contribution in [0, 0.1) is 5.92 Å². The van der Waals surface area contributed by atoms with Crippen LogP contribution in [0.3, 0.4) is 0 Å². The van der Waals surface area contributed by atoms with Gasteiger partial charge >= 0.3 is 0 Å². The topological polar surface area (TPSA) is 76.2 Å². The second-order valence-electron chi connectivity index (χ2n) is 2.93. The van der Waals surface area contributed by atoms with E-state index < -0.39 is 11.3 Å². The largest absolute Gasteiger partial charge is 0.759 e. The molecule has 0 saturated carbocycles. The molecule has 0 radical (unpaired) electrons. The van der Waals surface area contributed by atoms with Crippen LogP contribution >= 0.6 is 0 Å². The van der Waals surface area contributed by atoms with Crippen LogP contribution in [0.25, 0.3) is 0 Å². The van der Waals surface area contributed by atoms with E-state index in [1.807, 2.05) is 0 Å². The van der Waals surface area contributed by atoms with Gasteiger partial charge in [-0.15, -0.1) is 0 Å². The average Bonchev–Trinajstić information content (AvgIpc) is 2.05. The average molecular weight is 192 g/mol. The molecule has 1 aliphatic rings. The standard InChI is InChI=1S/C6H15N3O2S/c10-12(11)9-8-5-6-2-1-3-7-4-6/h6-9H,1-5H2,(H,10,11)/p-1. The first kappa shape index (κ1) is 10.1. The van der Waals surface area contributed by atoms with Gasteiger partial charge in [-0.25, -0.2) is 5.43 Å². The van der Waals surface area contributed by atoms with E-state index in [2.05, 4.69) is 15.6 Å². The maximum Gasteiger partial charge on any atom is 0.0324 e. The van der Waals surface area contributed by atoms with E-state index >= 15 is 0 Å². The van der Waals surface area contributed by atoms with Crippen LogP contribution in [0.2, 0.25) is 0 Å². The summed E-state index contributed by atoms with van der Waals surface area (Å²) in [6.07, 6.45) is 2.33. The Morgan fingerprint density at radius 1 is 1.67 bits per heavy atom. The fourth-order valence-electron chi connectivity index (χ4n) is 1.34. The summed E-state index contributed by atoms with van der Waals surface area (Å²) < 4.78 is 20.1. The Balaban J connectivity index is 2.01. The highest BCUT2D eigenvalue weighted by Crippen LogP contribution is 2.07. The van der Waals surface area contributed by atoms with Gasteiger partial charge in [0, 0.05) is 17.8 Å². The highest BCUT2D eigenvalue weighted by Gasteiger charge is 2.11. The minimum atomic E-state index is -2.20. The molecule has 1 rings (SSSR count). The maximum atomic E-state index is 10.1. The highest BCUT2D eigenvalue weighted by atomic mass is 32.2. The van der Waals surface area contributed by atoms with Crippen molar-refractivity contribution in [2.45, 2.75) is 12.8 Å². The second kappa shape index (κ2) is 5.60. The molecule has 2 unspecified atom stereocenters. The number of hydrogen-bond acceptors (Lipinski definition) is 4. The van der Waals surface area contributed by atoms with E-state index in [-0.39, 0.29) is 0 Å². The quantitative estimate of drug-likeness (QED) is 0.389. The van der Waals surface area contributed by atoms with Crippen molar-refractivity contribution in [3.63, 3.8) is 0 Å². The smallest absolute Gasteiger partial charge is 0.0324 e. The third kappa shape index (κ3) is 4.13. The van der Waals surface area contributed by atoms with Gasteiger partial charge in [-0.2, -0.15) is 4.83 Å². The predicted molar refractivity (Wildman–Crippen MR) is 45.7 cm³/mol. The number of hydrazine groups is 1. The summed E-state index contributed by atoms with van der Waals surface area (Å²) in [4.78, 5) is 2.13. The maximum absolute atomic E-state index is 10.1. The van der Waals surface area contributed by atoms with Gasteiger partial charge in [-0.1, -0.05) is 0 Å². The van der Waals surface area contributed by atoms with E-state index in [4.69, 9.17) is 0 Å². The molecule has 2 atom stereocenters. The Bertz CT molecular complexity index is 150. The first-order valence-electron chi connectivity index (χ1n) is 4.07. The lowest BCUT2D eigenvalue weighted by atomic mass is 10.0. The molecule has 72 valence electrons. The van der Waals surface area contributed by atoms with Crippen molar-refractivity contribution in [1.29, 1.82) is 0 Å². The monoisotopic (exact) mass is 192 g/mol. The van der Waals surface area contributed by atoms with Crippen molar-refractivity contribution in [2.24, 2.45) is 5.92 Å².